The molecule has 0 radical (unpaired) electrons. The fraction of sp³-hybridized carbons (Fsp3) is 1.00. The molecule has 1 rings (SSSR count). The third kappa shape index (κ3) is 3.41. The molecule has 1 aliphatic heterocycles. The molecule has 0 amide bonds. The van der Waals surface area contributed by atoms with E-state index in [1.54, 1.807) is 0 Å². The third-order valence-corrected chi connectivity index (χ3v) is 4.06. The number of rotatable bonds is 7. The van der Waals surface area contributed by atoms with Crippen molar-refractivity contribution in [1.82, 2.24) is 9.80 Å². The lowest BCUT2D eigenvalue weighted by Gasteiger charge is -2.42. The van der Waals surface area contributed by atoms with Crippen LogP contribution >= 0.6 is 0 Å². The van der Waals surface area contributed by atoms with E-state index in [9.17, 15) is 0 Å². The van der Waals surface area contributed by atoms with Crippen LogP contribution in [0, 0.1) is 0 Å². The van der Waals surface area contributed by atoms with Crippen LogP contribution in [0.4, 0.5) is 0 Å². The molecule has 4 nitrogen and oxygen atoms in total. The number of hydrogen-bond acceptors (Lipinski definition) is 4. The molecule has 0 spiro atoms. The number of ether oxygens (including phenoxy) is 1. The molecule has 0 saturated carbocycles. The molecule has 4 heteroatoms. The first-order valence-corrected chi connectivity index (χ1v) is 6.78. The van der Waals surface area contributed by atoms with E-state index in [1.165, 1.54) is 6.42 Å². The van der Waals surface area contributed by atoms with Crippen LogP contribution in [0.25, 0.3) is 0 Å². The second-order valence-corrected chi connectivity index (χ2v) is 5.31. The fourth-order valence-electron chi connectivity index (χ4n) is 2.86. The van der Waals surface area contributed by atoms with Gasteiger partial charge in [-0.05, 0) is 47.0 Å². The Morgan fingerprint density at radius 2 is 2.06 bits per heavy atom. The Balaban J connectivity index is 2.57. The average molecular weight is 243 g/mol. The van der Waals surface area contributed by atoms with Gasteiger partial charge in [0.1, 0.15) is 0 Å². The highest BCUT2D eigenvalue weighted by atomic mass is 16.5. The quantitative estimate of drug-likeness (QED) is 0.717. The Bertz CT molecular complexity index is 223. The van der Waals surface area contributed by atoms with Crippen molar-refractivity contribution in [2.75, 3.05) is 46.9 Å². The van der Waals surface area contributed by atoms with Gasteiger partial charge in [0, 0.05) is 19.7 Å². The van der Waals surface area contributed by atoms with Gasteiger partial charge < -0.3 is 15.4 Å². The van der Waals surface area contributed by atoms with Crippen LogP contribution < -0.4 is 5.73 Å². The Morgan fingerprint density at radius 1 is 1.35 bits per heavy atom. The highest BCUT2D eigenvalue weighted by Crippen LogP contribution is 2.31. The summed E-state index contributed by atoms with van der Waals surface area (Å²) in [5.41, 5.74) is 6.11. The van der Waals surface area contributed by atoms with Crippen molar-refractivity contribution in [3.8, 4) is 0 Å². The molecule has 2 N–H and O–H groups in total. The third-order valence-electron chi connectivity index (χ3n) is 4.06. The lowest BCUT2D eigenvalue weighted by molar-refractivity contribution is 0.0156. The minimum absolute atomic E-state index is 0.0705. The van der Waals surface area contributed by atoms with E-state index < -0.39 is 0 Å². The van der Waals surface area contributed by atoms with E-state index >= 15 is 0 Å². The second kappa shape index (κ2) is 6.69. The molecular formula is C13H29N3O. The normalized spacial score (nSPS) is 29.5. The molecule has 1 fully saturated rings. The van der Waals surface area contributed by atoms with Crippen molar-refractivity contribution in [2.24, 2.45) is 5.73 Å². The lowest BCUT2D eigenvalue weighted by Crippen LogP contribution is -2.58. The molecule has 1 heterocycles. The van der Waals surface area contributed by atoms with Crippen LogP contribution in [0.3, 0.4) is 0 Å². The highest BCUT2D eigenvalue weighted by Gasteiger charge is 2.44. The first-order valence-electron chi connectivity index (χ1n) is 6.78. The highest BCUT2D eigenvalue weighted by molar-refractivity contribution is 5.00. The van der Waals surface area contributed by atoms with Crippen LogP contribution in [-0.4, -0.2) is 68.3 Å². The van der Waals surface area contributed by atoms with E-state index in [2.05, 4.69) is 37.7 Å². The van der Waals surface area contributed by atoms with Crippen LogP contribution in [0.15, 0.2) is 0 Å². The summed E-state index contributed by atoms with van der Waals surface area (Å²) in [7, 11) is 4.24. The molecule has 0 aromatic carbocycles. The van der Waals surface area contributed by atoms with Gasteiger partial charge in [-0.25, -0.2) is 0 Å². The summed E-state index contributed by atoms with van der Waals surface area (Å²) >= 11 is 0. The van der Waals surface area contributed by atoms with Crippen molar-refractivity contribution in [1.29, 1.82) is 0 Å². The molecule has 2 atom stereocenters. The summed E-state index contributed by atoms with van der Waals surface area (Å²) in [6.45, 7) is 9.23. The Labute approximate surface area is 106 Å². The monoisotopic (exact) mass is 243 g/mol. The van der Waals surface area contributed by atoms with Crippen molar-refractivity contribution in [3.05, 3.63) is 0 Å². The van der Waals surface area contributed by atoms with Crippen LogP contribution in [-0.2, 0) is 4.74 Å². The van der Waals surface area contributed by atoms with Crippen molar-refractivity contribution >= 4 is 0 Å². The molecule has 0 aromatic heterocycles. The zero-order valence-corrected chi connectivity index (χ0v) is 11.9. The standard InChI is InChI=1S/C13H29N3O/c1-5-16(9-6-8-15(3)4)13(11-14)7-10-17-12(13)2/h12H,5-11,14H2,1-4H3. The number of hydrogen-bond donors (Lipinski definition) is 1. The molecule has 2 unspecified atom stereocenters. The van der Waals surface area contributed by atoms with Gasteiger partial charge >= 0.3 is 0 Å². The molecule has 17 heavy (non-hydrogen) atoms. The van der Waals surface area contributed by atoms with Gasteiger partial charge in [0.25, 0.3) is 0 Å². The maximum absolute atomic E-state index is 6.04. The van der Waals surface area contributed by atoms with E-state index in [-0.39, 0.29) is 11.6 Å². The first-order chi connectivity index (χ1) is 8.06. The van der Waals surface area contributed by atoms with Crippen LogP contribution in [0.1, 0.15) is 26.7 Å². The van der Waals surface area contributed by atoms with Crippen molar-refractivity contribution < 1.29 is 4.74 Å². The minimum Gasteiger partial charge on any atom is -0.376 e. The predicted octanol–water partition coefficient (Wildman–Crippen LogP) is 0.766. The first kappa shape index (κ1) is 14.9. The minimum atomic E-state index is 0.0705. The predicted molar refractivity (Wildman–Crippen MR) is 72.2 cm³/mol. The summed E-state index contributed by atoms with van der Waals surface area (Å²) in [5.74, 6) is 0. The van der Waals surface area contributed by atoms with Crippen molar-refractivity contribution in [3.63, 3.8) is 0 Å². The molecule has 0 aliphatic carbocycles. The van der Waals surface area contributed by atoms with E-state index in [1.807, 2.05) is 0 Å². The lowest BCUT2D eigenvalue weighted by atomic mass is 9.89. The van der Waals surface area contributed by atoms with E-state index in [4.69, 9.17) is 10.5 Å². The number of nitrogens with zero attached hydrogens (tertiary/aromatic N) is 2. The Hall–Kier alpha value is -0.160. The number of likely N-dealkylation sites (N-methyl/N-ethyl adjacent to an activating group) is 1. The zero-order chi connectivity index (χ0) is 12.9. The van der Waals surface area contributed by atoms with Gasteiger partial charge in [-0.3, -0.25) is 4.90 Å². The number of nitrogens with two attached hydrogens (primary N) is 1. The van der Waals surface area contributed by atoms with Crippen LogP contribution in [0.2, 0.25) is 0 Å². The van der Waals surface area contributed by atoms with E-state index in [0.29, 0.717) is 6.54 Å². The van der Waals surface area contributed by atoms with Crippen LogP contribution in [0.5, 0.6) is 0 Å². The van der Waals surface area contributed by atoms with Gasteiger partial charge in [0.05, 0.1) is 11.6 Å². The average Bonchev–Trinajstić information content (AvgIpc) is 2.67. The summed E-state index contributed by atoms with van der Waals surface area (Å²) < 4.78 is 5.74. The maximum atomic E-state index is 6.04. The molecular weight excluding hydrogens is 214 g/mol. The molecule has 1 aliphatic rings. The van der Waals surface area contributed by atoms with Gasteiger partial charge in [-0.1, -0.05) is 6.92 Å². The topological polar surface area (TPSA) is 41.7 Å². The van der Waals surface area contributed by atoms with Gasteiger partial charge in [-0.15, -0.1) is 0 Å². The Kier molecular flexibility index (Phi) is 5.86. The summed E-state index contributed by atoms with van der Waals surface area (Å²) in [4.78, 5) is 4.76. The van der Waals surface area contributed by atoms with Gasteiger partial charge in [0.2, 0.25) is 0 Å². The second-order valence-electron chi connectivity index (χ2n) is 5.31. The Morgan fingerprint density at radius 3 is 2.47 bits per heavy atom. The maximum Gasteiger partial charge on any atom is 0.0743 e. The molecule has 1 saturated heterocycles. The molecule has 102 valence electrons. The zero-order valence-electron chi connectivity index (χ0n) is 11.9. The smallest absolute Gasteiger partial charge is 0.0743 e. The molecule has 0 aromatic rings. The van der Waals surface area contributed by atoms with Gasteiger partial charge in [0.15, 0.2) is 0 Å². The summed E-state index contributed by atoms with van der Waals surface area (Å²) in [6.07, 6.45) is 2.52. The fourth-order valence-corrected chi connectivity index (χ4v) is 2.86. The summed E-state index contributed by atoms with van der Waals surface area (Å²) in [6, 6.07) is 0. The SMILES string of the molecule is CCN(CCCN(C)C)C1(CN)CCOC1C. The van der Waals surface area contributed by atoms with E-state index in [0.717, 1.165) is 32.7 Å². The van der Waals surface area contributed by atoms with Crippen molar-refractivity contribution in [2.45, 2.75) is 38.3 Å². The molecule has 0 bridgehead atoms. The van der Waals surface area contributed by atoms with Gasteiger partial charge in [-0.2, -0.15) is 0 Å². The largest absolute Gasteiger partial charge is 0.376 e. The summed E-state index contributed by atoms with van der Waals surface area (Å²) in [5, 5.41) is 0.